The van der Waals surface area contributed by atoms with Gasteiger partial charge in [0.2, 0.25) is 0 Å². The van der Waals surface area contributed by atoms with Crippen LogP contribution in [0.5, 0.6) is 0 Å². The first-order valence-electron chi connectivity index (χ1n) is 7.92. The highest BCUT2D eigenvalue weighted by Crippen LogP contribution is 2.42. The van der Waals surface area contributed by atoms with E-state index in [0.717, 1.165) is 13.0 Å². The maximum Gasteiger partial charge on any atom is 0.0789 e. The summed E-state index contributed by atoms with van der Waals surface area (Å²) in [5.74, 6) is 0. The van der Waals surface area contributed by atoms with Gasteiger partial charge in [-0.05, 0) is 47.0 Å². The molecule has 0 aromatic rings. The Morgan fingerprint density at radius 2 is 1.74 bits per heavy atom. The first kappa shape index (κ1) is 15.3. The van der Waals surface area contributed by atoms with Crippen molar-refractivity contribution in [1.82, 2.24) is 4.90 Å². The lowest BCUT2D eigenvalue weighted by atomic mass is 9.87. The second-order valence-electron chi connectivity index (χ2n) is 7.44. The van der Waals surface area contributed by atoms with Crippen molar-refractivity contribution < 1.29 is 9.84 Å². The summed E-state index contributed by atoms with van der Waals surface area (Å²) >= 11 is 0. The van der Waals surface area contributed by atoms with Gasteiger partial charge >= 0.3 is 0 Å². The van der Waals surface area contributed by atoms with Crippen molar-refractivity contribution in [2.45, 2.75) is 89.5 Å². The lowest BCUT2D eigenvalue weighted by Crippen LogP contribution is -2.52. The number of ether oxygens (including phenoxy) is 1. The Balaban J connectivity index is 2.13. The van der Waals surface area contributed by atoms with E-state index < -0.39 is 0 Å². The van der Waals surface area contributed by atoms with E-state index in [-0.39, 0.29) is 17.8 Å². The first-order chi connectivity index (χ1) is 8.86. The van der Waals surface area contributed by atoms with E-state index >= 15 is 0 Å². The van der Waals surface area contributed by atoms with Crippen LogP contribution in [0.1, 0.15) is 66.2 Å². The quantitative estimate of drug-likeness (QED) is 0.851. The van der Waals surface area contributed by atoms with Crippen LogP contribution in [0.15, 0.2) is 0 Å². The molecular weight excluding hydrogens is 238 g/mol. The van der Waals surface area contributed by atoms with Gasteiger partial charge in [-0.2, -0.15) is 0 Å². The summed E-state index contributed by atoms with van der Waals surface area (Å²) in [6.07, 6.45) is 7.68. The molecule has 1 saturated carbocycles. The Morgan fingerprint density at radius 3 is 2.21 bits per heavy atom. The van der Waals surface area contributed by atoms with Crippen molar-refractivity contribution in [2.24, 2.45) is 0 Å². The summed E-state index contributed by atoms with van der Waals surface area (Å²) in [4.78, 5) is 2.55. The molecule has 1 aliphatic heterocycles. The molecule has 1 atom stereocenters. The van der Waals surface area contributed by atoms with Crippen LogP contribution in [-0.2, 0) is 4.74 Å². The highest BCUT2D eigenvalue weighted by atomic mass is 16.5. The van der Waals surface area contributed by atoms with Gasteiger partial charge in [-0.15, -0.1) is 0 Å². The first-order valence-corrected chi connectivity index (χ1v) is 7.92. The maximum absolute atomic E-state index is 9.45. The van der Waals surface area contributed by atoms with Crippen LogP contribution in [0.3, 0.4) is 0 Å². The van der Waals surface area contributed by atoms with Gasteiger partial charge in [0.1, 0.15) is 0 Å². The summed E-state index contributed by atoms with van der Waals surface area (Å²) in [6, 6.07) is 1.07. The molecule has 2 fully saturated rings. The normalized spacial score (nSPS) is 30.9. The average molecular weight is 269 g/mol. The fraction of sp³-hybridized carbons (Fsp3) is 1.00. The Bertz CT molecular complexity index is 295. The second-order valence-corrected chi connectivity index (χ2v) is 7.44. The zero-order valence-electron chi connectivity index (χ0n) is 13.1. The topological polar surface area (TPSA) is 32.7 Å². The zero-order chi connectivity index (χ0) is 14.1. The highest BCUT2D eigenvalue weighted by Gasteiger charge is 2.49. The fourth-order valence-corrected chi connectivity index (χ4v) is 4.17. The zero-order valence-corrected chi connectivity index (χ0v) is 13.1. The molecule has 0 bridgehead atoms. The lowest BCUT2D eigenvalue weighted by molar-refractivity contribution is -0.0866. The Labute approximate surface area is 118 Å². The minimum absolute atomic E-state index is 0.0451. The molecule has 0 aromatic carbocycles. The molecule has 3 nitrogen and oxygen atoms in total. The summed E-state index contributed by atoms with van der Waals surface area (Å²) in [5.41, 5.74) is -0.160. The van der Waals surface area contributed by atoms with Crippen molar-refractivity contribution in [1.29, 1.82) is 0 Å². The molecule has 0 spiro atoms. The maximum atomic E-state index is 9.45. The monoisotopic (exact) mass is 269 g/mol. The summed E-state index contributed by atoms with van der Waals surface area (Å²) in [6.45, 7) is 9.83. The van der Waals surface area contributed by atoms with Crippen molar-refractivity contribution in [3.63, 3.8) is 0 Å². The molecule has 1 aliphatic carbocycles. The van der Waals surface area contributed by atoms with Crippen LogP contribution in [0.2, 0.25) is 0 Å². The number of aliphatic hydroxyl groups excluding tert-OH is 1. The Morgan fingerprint density at radius 1 is 1.11 bits per heavy atom. The predicted octanol–water partition coefficient (Wildman–Crippen LogP) is 2.96. The van der Waals surface area contributed by atoms with Crippen LogP contribution >= 0.6 is 0 Å². The molecule has 3 heteroatoms. The van der Waals surface area contributed by atoms with Crippen molar-refractivity contribution in [3.05, 3.63) is 0 Å². The molecule has 1 N–H and O–H groups in total. The van der Waals surface area contributed by atoms with Gasteiger partial charge in [0, 0.05) is 18.6 Å². The molecular formula is C16H31NO2. The second kappa shape index (κ2) is 5.71. The van der Waals surface area contributed by atoms with Gasteiger partial charge in [-0.3, -0.25) is 4.90 Å². The minimum atomic E-state index is -0.115. The van der Waals surface area contributed by atoms with Gasteiger partial charge < -0.3 is 9.84 Å². The van der Waals surface area contributed by atoms with Crippen LogP contribution in [0, 0.1) is 0 Å². The SMILES string of the molecule is CC1(C)CC(N(CCO)C2CCCCC2)C(C)(C)O1. The van der Waals surface area contributed by atoms with E-state index in [9.17, 15) is 5.11 Å². The van der Waals surface area contributed by atoms with E-state index in [1.54, 1.807) is 0 Å². The Hall–Kier alpha value is -0.120. The number of rotatable bonds is 4. The summed E-state index contributed by atoms with van der Waals surface area (Å²) < 4.78 is 6.24. The number of nitrogens with zero attached hydrogens (tertiary/aromatic N) is 1. The van der Waals surface area contributed by atoms with Crippen molar-refractivity contribution in [2.75, 3.05) is 13.2 Å². The van der Waals surface area contributed by atoms with E-state index in [4.69, 9.17) is 4.74 Å². The molecule has 2 rings (SSSR count). The smallest absolute Gasteiger partial charge is 0.0789 e. The molecule has 19 heavy (non-hydrogen) atoms. The third-order valence-corrected chi connectivity index (χ3v) is 4.83. The summed E-state index contributed by atoms with van der Waals surface area (Å²) in [7, 11) is 0. The van der Waals surface area contributed by atoms with Crippen LogP contribution < -0.4 is 0 Å². The number of hydrogen-bond donors (Lipinski definition) is 1. The van der Waals surface area contributed by atoms with Crippen molar-refractivity contribution >= 4 is 0 Å². The minimum Gasteiger partial charge on any atom is -0.395 e. The van der Waals surface area contributed by atoms with Gasteiger partial charge in [0.15, 0.2) is 0 Å². The van der Waals surface area contributed by atoms with Crippen LogP contribution in [0.25, 0.3) is 0 Å². The lowest BCUT2D eigenvalue weighted by Gasteiger charge is -2.42. The third kappa shape index (κ3) is 3.50. The predicted molar refractivity (Wildman–Crippen MR) is 78.3 cm³/mol. The molecule has 0 radical (unpaired) electrons. The van der Waals surface area contributed by atoms with Crippen molar-refractivity contribution in [3.8, 4) is 0 Å². The number of aliphatic hydroxyl groups is 1. The van der Waals surface area contributed by atoms with Gasteiger partial charge in [-0.25, -0.2) is 0 Å². The largest absolute Gasteiger partial charge is 0.395 e. The van der Waals surface area contributed by atoms with Gasteiger partial charge in [-0.1, -0.05) is 19.3 Å². The van der Waals surface area contributed by atoms with Crippen LogP contribution in [0.4, 0.5) is 0 Å². The summed E-state index contributed by atoms with van der Waals surface area (Å²) in [5, 5.41) is 9.45. The molecule has 1 unspecified atom stereocenters. The standard InChI is InChI=1S/C16H31NO2/c1-15(2)12-14(16(3,4)19-15)17(10-11-18)13-8-6-5-7-9-13/h13-14,18H,5-12H2,1-4H3. The molecule has 0 amide bonds. The van der Waals surface area contributed by atoms with Gasteiger partial charge in [0.05, 0.1) is 17.8 Å². The fourth-order valence-electron chi connectivity index (χ4n) is 4.17. The third-order valence-electron chi connectivity index (χ3n) is 4.83. The Kier molecular flexibility index (Phi) is 4.59. The molecule has 112 valence electrons. The molecule has 0 aromatic heterocycles. The molecule has 1 saturated heterocycles. The average Bonchev–Trinajstić information content (AvgIpc) is 2.55. The number of hydrogen-bond acceptors (Lipinski definition) is 3. The van der Waals surface area contributed by atoms with E-state index in [2.05, 4.69) is 32.6 Å². The van der Waals surface area contributed by atoms with E-state index in [1.165, 1.54) is 32.1 Å². The van der Waals surface area contributed by atoms with E-state index in [1.807, 2.05) is 0 Å². The molecule has 1 heterocycles. The molecule has 2 aliphatic rings. The highest BCUT2D eigenvalue weighted by molar-refractivity contribution is 5.01. The van der Waals surface area contributed by atoms with Gasteiger partial charge in [0.25, 0.3) is 0 Å². The van der Waals surface area contributed by atoms with Crippen LogP contribution in [-0.4, -0.2) is 46.4 Å². The van der Waals surface area contributed by atoms with E-state index in [0.29, 0.717) is 12.1 Å².